The van der Waals surface area contributed by atoms with E-state index in [0.717, 1.165) is 86.0 Å². The number of pyridine rings is 2. The highest BCUT2D eigenvalue weighted by Crippen LogP contribution is 2.61. The Morgan fingerprint density at radius 2 is 1.01 bits per heavy atom. The number of nitrogens with one attached hydrogen (secondary N) is 1. The topological polar surface area (TPSA) is 308 Å². The molecule has 0 fully saturated rings. The predicted octanol–water partition coefficient (Wildman–Crippen LogP) is 17.9. The molecule has 524 valence electrons. The van der Waals surface area contributed by atoms with E-state index in [1.165, 1.54) is 45.3 Å². The van der Waals surface area contributed by atoms with Crippen molar-refractivity contribution in [2.45, 2.75) is 69.7 Å². The Balaban J connectivity index is 0.000000591. The molecule has 10 rings (SSSR count). The molecule has 0 bridgehead atoms. The highest BCUT2D eigenvalue weighted by atomic mass is 36.0. The van der Waals surface area contributed by atoms with Gasteiger partial charge in [0.2, 0.25) is 5.01 Å². The number of aromatic nitrogens is 6. The molecule has 6 aromatic heterocycles. The van der Waals surface area contributed by atoms with Gasteiger partial charge in [0.05, 0.1) is 40.7 Å². The van der Waals surface area contributed by atoms with Gasteiger partial charge in [0, 0.05) is 108 Å². The summed E-state index contributed by atoms with van der Waals surface area (Å²) in [5, 5.41) is 17.9. The fourth-order valence-electron chi connectivity index (χ4n) is 8.17. The van der Waals surface area contributed by atoms with Crippen LogP contribution in [0, 0.1) is 6.92 Å². The van der Waals surface area contributed by atoms with Crippen molar-refractivity contribution in [3.05, 3.63) is 179 Å². The number of esters is 1. The lowest BCUT2D eigenvalue weighted by atomic mass is 10.0. The number of aryl methyl sites for hydroxylation is 1. The summed E-state index contributed by atoms with van der Waals surface area (Å²) < 4.78 is 34.9. The van der Waals surface area contributed by atoms with Gasteiger partial charge < -0.3 is 49.7 Å². The number of halogens is 4. The smallest absolute Gasteiger partial charge is 0.367 e. The van der Waals surface area contributed by atoms with Crippen LogP contribution >= 0.6 is 95.9 Å². The second-order valence-corrected chi connectivity index (χ2v) is 29.2. The van der Waals surface area contributed by atoms with Crippen LogP contribution in [-0.2, 0) is 20.5 Å². The molecule has 4 aromatic carbocycles. The number of ether oxygens (including phenoxy) is 5. The summed E-state index contributed by atoms with van der Waals surface area (Å²) in [7, 11) is 6.44. The molecule has 97 heavy (non-hydrogen) atoms. The second kappa shape index (κ2) is 44.8. The van der Waals surface area contributed by atoms with Crippen LogP contribution in [-0.4, -0.2) is 136 Å². The van der Waals surface area contributed by atoms with Crippen LogP contribution in [0.15, 0.2) is 136 Å². The van der Waals surface area contributed by atoms with Crippen molar-refractivity contribution in [2.24, 2.45) is 0 Å². The van der Waals surface area contributed by atoms with Gasteiger partial charge >= 0.3 is 11.2 Å². The Morgan fingerprint density at radius 3 is 1.46 bits per heavy atom. The number of carboxylic acid groups (broad SMARTS) is 1. The first-order valence-electron chi connectivity index (χ1n) is 28.3. The number of H-pyrrole nitrogens is 1. The zero-order valence-corrected chi connectivity index (χ0v) is 60.9. The number of methoxy groups -OCH3 is 4. The number of hydrogen-bond donors (Lipinski definition) is 3. The summed E-state index contributed by atoms with van der Waals surface area (Å²) in [4.78, 5) is 95.9. The zero-order chi connectivity index (χ0) is 69.5. The Labute approximate surface area is 600 Å². The largest absolute Gasteiger partial charge is 0.497 e. The van der Waals surface area contributed by atoms with Gasteiger partial charge in [-0.2, -0.15) is 0 Å². The Hall–Kier alpha value is -7.88. The molecule has 0 radical (unpaired) electrons. The molecule has 0 aliphatic carbocycles. The molecule has 0 aliphatic heterocycles. The molecule has 0 unspecified atom stereocenters. The number of Topliss-reactive ketones (excluding diaryl/α,β-unsaturated/α-hetero) is 1. The molecule has 5 N–H and O–H groups in total. The molecule has 0 saturated carbocycles. The molecule has 0 aliphatic rings. The third kappa shape index (κ3) is 28.6. The van der Waals surface area contributed by atoms with Crippen molar-refractivity contribution in [1.82, 2.24) is 45.9 Å². The van der Waals surface area contributed by atoms with E-state index >= 15 is 0 Å². The van der Waals surface area contributed by atoms with Gasteiger partial charge in [0.25, 0.3) is 23.3 Å². The van der Waals surface area contributed by atoms with Crippen molar-refractivity contribution < 1.29 is 57.3 Å². The minimum atomic E-state index is -3.22. The molecule has 10 aromatic rings. The van der Waals surface area contributed by atoms with Gasteiger partial charge in [-0.1, -0.05) is 26.5 Å². The molecule has 6 heterocycles. The van der Waals surface area contributed by atoms with Gasteiger partial charge in [-0.15, -0.1) is 45.3 Å². The standard InChI is InChI=1S/C17H20N2O3S.C13H9ClN2OS.C13H10N2O2S.C13H19NO2.C6H7NO2S.C2H4O2.2CH4.Cl3OP.H3N/c1-4-19(5-2)17(21)14-7-6-13(22-3)10-12(14)11-15(20)16-18-8-9-23-16;1-17-9-2-3-10-8(6-9)7-11(16-12(10)14)13-15-4-5-18-13;1-17-9-2-3-10-8(6-9)7-11(15-12(10)16)13-14-4-5-18-13;1-5-14(6-2)13(15)12-8-7-11(16-4)9-10(12)3;1-2-9-6(8)5-7-3-4-10-5;1-2(3)4;;;1-5(2,3)4;/h6-10H,4-5,11H2,1-3H3;2-7H,1H3;2-7H,1H3,(H,15,16);7-9H,5-6H2,1-4H3;3-4H,2H2,1H3;1H3,(H,3,4);2*1H4;;1H3. The van der Waals surface area contributed by atoms with Crippen molar-refractivity contribution >= 4 is 147 Å². The number of thiazole rings is 4. The molecule has 31 heteroatoms. The first kappa shape index (κ1) is 87.1. The number of ketones is 1. The fourth-order valence-corrected chi connectivity index (χ4v) is 10.7. The number of carboxylic acids is 1. The van der Waals surface area contributed by atoms with Crippen molar-refractivity contribution in [3.8, 4) is 44.4 Å². The van der Waals surface area contributed by atoms with Crippen molar-refractivity contribution in [2.75, 3.05) is 61.2 Å². The molecule has 22 nitrogen and oxygen atoms in total. The maximum absolute atomic E-state index is 12.7. The number of hydrogen-bond acceptors (Lipinski definition) is 22. The Morgan fingerprint density at radius 1 is 0.588 bits per heavy atom. The highest BCUT2D eigenvalue weighted by molar-refractivity contribution is 8.24. The molecule has 2 amide bonds. The number of fused-ring (bicyclic) bond motifs is 2. The van der Waals surface area contributed by atoms with Gasteiger partial charge in [-0.3, -0.25) is 28.5 Å². The number of carbonyl (C=O) groups excluding carboxylic acids is 4. The lowest BCUT2D eigenvalue weighted by molar-refractivity contribution is -0.134. The lowest BCUT2D eigenvalue weighted by Crippen LogP contribution is -2.31. The van der Waals surface area contributed by atoms with Crippen LogP contribution in [0.5, 0.6) is 23.0 Å². The highest BCUT2D eigenvalue weighted by Gasteiger charge is 2.21. The zero-order valence-electron chi connectivity index (χ0n) is 53.7. The van der Waals surface area contributed by atoms with Crippen LogP contribution in [0.3, 0.4) is 0 Å². The summed E-state index contributed by atoms with van der Waals surface area (Å²) in [5.41, 5.74) is 4.33. The monoisotopic (exact) mass is 1510 g/mol. The first-order valence-corrected chi connectivity index (χ1v) is 36.6. The third-order valence-electron chi connectivity index (χ3n) is 12.6. The van der Waals surface area contributed by atoms with Crippen LogP contribution in [0.25, 0.3) is 42.9 Å². The maximum Gasteiger partial charge on any atom is 0.367 e. The van der Waals surface area contributed by atoms with E-state index in [2.05, 4.69) is 63.6 Å². The van der Waals surface area contributed by atoms with E-state index in [4.69, 9.17) is 45.2 Å². The minimum Gasteiger partial charge on any atom is -0.497 e. The van der Waals surface area contributed by atoms with E-state index < -0.39 is 11.2 Å². The Kier molecular flexibility index (Phi) is 40.3. The summed E-state index contributed by atoms with van der Waals surface area (Å²) in [6.45, 7) is 15.8. The van der Waals surface area contributed by atoms with Gasteiger partial charge in [-0.05, 0) is 182 Å². The maximum atomic E-state index is 12.7. The quantitative estimate of drug-likeness (QED) is 0.0330. The van der Waals surface area contributed by atoms with Crippen LogP contribution in [0.4, 0.5) is 0 Å². The van der Waals surface area contributed by atoms with E-state index in [1.54, 1.807) is 106 Å². The number of amides is 2. The van der Waals surface area contributed by atoms with Crippen LogP contribution in [0.2, 0.25) is 5.15 Å². The fraction of sp³-hybridized carbons (Fsp3) is 0.288. The average molecular weight is 1510 g/mol. The molecule has 0 atom stereocenters. The molecule has 0 spiro atoms. The SMILES string of the molecule is C.C.CC(=O)O.CCN(CC)C(=O)c1ccc(OC)cc1C.CCN(CC)C(=O)c1ccc(OC)cc1CC(=O)c1nccs1.CCOC(=O)c1nccs1.COc1ccc2c(=O)[nH]c(-c3nccs3)cc2c1.COc1ccc2c(Cl)nc(-c3nccs3)cc2c1.N.O=P(Cl)(Cl)Cl. The average Bonchev–Trinajstić information content (AvgIpc) is 1.79. The molecular formula is C66H80Cl4N9O13PS4. The molecule has 0 saturated heterocycles. The number of nitrogens with zero attached hydrogens (tertiary/aromatic N) is 7. The van der Waals surface area contributed by atoms with E-state index in [9.17, 15) is 28.5 Å². The van der Waals surface area contributed by atoms with Crippen molar-refractivity contribution in [3.63, 3.8) is 0 Å². The number of benzene rings is 4. The van der Waals surface area contributed by atoms with E-state index in [0.29, 0.717) is 57.1 Å². The number of rotatable bonds is 17. The van der Waals surface area contributed by atoms with Crippen LogP contribution < -0.4 is 30.7 Å². The minimum absolute atomic E-state index is 0. The second-order valence-electron chi connectivity index (χ2n) is 18.6. The summed E-state index contributed by atoms with van der Waals surface area (Å²) >= 11 is 25.7. The van der Waals surface area contributed by atoms with Gasteiger partial charge in [-0.25, -0.2) is 29.7 Å². The summed E-state index contributed by atoms with van der Waals surface area (Å²) in [5.74, 6) is 1.70. The normalized spacial score (nSPS) is 9.93. The molecular weight excluding hydrogens is 1430 g/mol. The Bertz CT molecular complexity index is 4130. The van der Waals surface area contributed by atoms with Crippen LogP contribution in [0.1, 0.15) is 108 Å². The lowest BCUT2D eigenvalue weighted by Gasteiger charge is -2.20. The van der Waals surface area contributed by atoms with Gasteiger partial charge in [0.15, 0.2) is 10.8 Å². The summed E-state index contributed by atoms with van der Waals surface area (Å²) in [6.07, 6.45) is 6.79. The van der Waals surface area contributed by atoms with E-state index in [-0.39, 0.29) is 56.6 Å². The van der Waals surface area contributed by atoms with Gasteiger partial charge in [0.1, 0.15) is 43.9 Å². The third-order valence-corrected chi connectivity index (χ3v) is 16.0. The number of carbonyl (C=O) groups is 5. The first-order chi connectivity index (χ1) is 44.9. The number of aromatic amines is 1. The number of aliphatic carboxylic acids is 1. The predicted molar refractivity (Wildman–Crippen MR) is 397 cm³/mol. The van der Waals surface area contributed by atoms with E-state index in [1.807, 2.05) is 105 Å². The van der Waals surface area contributed by atoms with Crippen molar-refractivity contribution in [1.29, 1.82) is 0 Å². The summed E-state index contributed by atoms with van der Waals surface area (Å²) in [6, 6.07) is 25.8.